The third kappa shape index (κ3) is 3.79. The largest absolute Gasteiger partial charge is 0.394 e. The molecule has 112 valence electrons. The van der Waals surface area contributed by atoms with Crippen molar-refractivity contribution >= 4 is 10.1 Å². The minimum absolute atomic E-state index is 0.00831. The van der Waals surface area contributed by atoms with Gasteiger partial charge in [0.2, 0.25) is 0 Å². The number of aryl methyl sites for hydroxylation is 1. The fraction of sp³-hybridized carbons (Fsp3) is 0.571. The van der Waals surface area contributed by atoms with Crippen LogP contribution in [0, 0.1) is 12.8 Å². The van der Waals surface area contributed by atoms with Crippen LogP contribution in [-0.2, 0) is 19.0 Å². The molecule has 0 aliphatic carbocycles. The Morgan fingerprint density at radius 3 is 2.45 bits per heavy atom. The molecule has 0 spiro atoms. The van der Waals surface area contributed by atoms with E-state index in [1.54, 1.807) is 12.1 Å². The Labute approximate surface area is 119 Å². The van der Waals surface area contributed by atoms with Crippen molar-refractivity contribution in [3.8, 4) is 0 Å². The highest BCUT2D eigenvalue weighted by Crippen LogP contribution is 2.24. The highest BCUT2D eigenvalue weighted by Gasteiger charge is 2.29. The molecule has 6 heteroatoms. The van der Waals surface area contributed by atoms with Gasteiger partial charge in [-0.2, -0.15) is 8.42 Å². The molecule has 1 unspecified atom stereocenters. The first-order chi connectivity index (χ1) is 9.53. The summed E-state index contributed by atoms with van der Waals surface area (Å²) in [7, 11) is -3.84. The van der Waals surface area contributed by atoms with Gasteiger partial charge in [0.15, 0.2) is 0 Å². The molecule has 1 N–H and O–H groups in total. The fourth-order valence-electron chi connectivity index (χ4n) is 2.27. The average molecular weight is 300 g/mol. The summed E-state index contributed by atoms with van der Waals surface area (Å²) in [4.78, 5) is 0.119. The van der Waals surface area contributed by atoms with E-state index in [1.807, 2.05) is 6.92 Å². The maximum Gasteiger partial charge on any atom is 0.297 e. The van der Waals surface area contributed by atoms with Crippen LogP contribution >= 0.6 is 0 Å². The number of hydrogen-bond donors (Lipinski definition) is 1. The third-order valence-corrected chi connectivity index (χ3v) is 4.88. The minimum atomic E-state index is -3.84. The van der Waals surface area contributed by atoms with Crippen LogP contribution in [0.5, 0.6) is 0 Å². The van der Waals surface area contributed by atoms with Crippen LogP contribution < -0.4 is 0 Å². The fourth-order valence-corrected chi connectivity index (χ4v) is 3.39. The molecule has 1 aliphatic heterocycles. The molecule has 0 bridgehead atoms. The maximum absolute atomic E-state index is 12.2. The first-order valence-electron chi connectivity index (χ1n) is 6.71. The first kappa shape index (κ1) is 15.4. The summed E-state index contributed by atoms with van der Waals surface area (Å²) in [5.41, 5.74) is 0.979. The lowest BCUT2D eigenvalue weighted by Gasteiger charge is -2.28. The van der Waals surface area contributed by atoms with E-state index in [9.17, 15) is 13.5 Å². The van der Waals surface area contributed by atoms with Gasteiger partial charge in [0.05, 0.1) is 11.5 Å². The van der Waals surface area contributed by atoms with Crippen LogP contribution in [0.1, 0.15) is 18.4 Å². The van der Waals surface area contributed by atoms with Crippen molar-refractivity contribution in [2.45, 2.75) is 30.8 Å². The quantitative estimate of drug-likeness (QED) is 0.834. The summed E-state index contributed by atoms with van der Waals surface area (Å²) in [5, 5.41) is 9.40. The monoisotopic (exact) mass is 300 g/mol. The number of benzene rings is 1. The Balaban J connectivity index is 2.10. The van der Waals surface area contributed by atoms with Gasteiger partial charge in [0.25, 0.3) is 10.1 Å². The molecule has 1 aromatic carbocycles. The van der Waals surface area contributed by atoms with Gasteiger partial charge in [0, 0.05) is 13.2 Å². The number of hydrogen-bond acceptors (Lipinski definition) is 5. The van der Waals surface area contributed by atoms with Gasteiger partial charge < -0.3 is 9.84 Å². The van der Waals surface area contributed by atoms with Gasteiger partial charge in [-0.3, -0.25) is 4.18 Å². The molecule has 0 saturated carbocycles. The van der Waals surface area contributed by atoms with Gasteiger partial charge in [-0.15, -0.1) is 0 Å². The number of ether oxygens (including phenoxy) is 1. The molecule has 1 fully saturated rings. The zero-order valence-corrected chi connectivity index (χ0v) is 12.3. The molecule has 1 atom stereocenters. The Hall–Kier alpha value is -0.950. The molecule has 1 aliphatic rings. The van der Waals surface area contributed by atoms with Gasteiger partial charge in [-0.05, 0) is 37.8 Å². The lowest BCUT2D eigenvalue weighted by molar-refractivity contribution is -0.000541. The minimum Gasteiger partial charge on any atom is -0.394 e. The SMILES string of the molecule is Cc1ccc(S(=O)(=O)OC(CO)C2CCOCC2)cc1. The van der Waals surface area contributed by atoms with E-state index in [4.69, 9.17) is 8.92 Å². The molecule has 0 aromatic heterocycles. The predicted molar refractivity (Wildman–Crippen MR) is 73.9 cm³/mol. The van der Waals surface area contributed by atoms with E-state index >= 15 is 0 Å². The van der Waals surface area contributed by atoms with Crippen molar-refractivity contribution in [2.24, 2.45) is 5.92 Å². The molecule has 1 saturated heterocycles. The average Bonchev–Trinajstić information content (AvgIpc) is 2.46. The molecule has 5 nitrogen and oxygen atoms in total. The molecule has 1 heterocycles. The number of rotatable bonds is 5. The predicted octanol–water partition coefficient (Wildman–Crippen LogP) is 1.49. The number of aliphatic hydroxyl groups excluding tert-OH is 1. The van der Waals surface area contributed by atoms with Crippen LogP contribution in [0.15, 0.2) is 29.2 Å². The third-order valence-electron chi connectivity index (χ3n) is 3.53. The molecule has 0 radical (unpaired) electrons. The standard InChI is InChI=1S/C14H20O5S/c1-11-2-4-13(5-3-11)20(16,17)19-14(10-15)12-6-8-18-9-7-12/h2-5,12,14-15H,6-10H2,1H3. The summed E-state index contributed by atoms with van der Waals surface area (Å²) in [6.07, 6.45) is 0.703. The van der Waals surface area contributed by atoms with E-state index in [0.29, 0.717) is 26.1 Å². The van der Waals surface area contributed by atoms with Crippen LogP contribution in [0.25, 0.3) is 0 Å². The van der Waals surface area contributed by atoms with E-state index in [-0.39, 0.29) is 17.4 Å². The second-order valence-corrected chi connectivity index (χ2v) is 6.61. The van der Waals surface area contributed by atoms with Gasteiger partial charge >= 0.3 is 0 Å². The Morgan fingerprint density at radius 1 is 1.30 bits per heavy atom. The lowest BCUT2D eigenvalue weighted by atomic mass is 9.94. The summed E-state index contributed by atoms with van der Waals surface area (Å²) < 4.78 is 34.8. The van der Waals surface area contributed by atoms with Crippen molar-refractivity contribution in [1.29, 1.82) is 0 Å². The van der Waals surface area contributed by atoms with Crippen molar-refractivity contribution in [2.75, 3.05) is 19.8 Å². The summed E-state index contributed by atoms with van der Waals surface area (Å²) in [6, 6.07) is 6.48. The summed E-state index contributed by atoms with van der Waals surface area (Å²) >= 11 is 0. The zero-order chi connectivity index (χ0) is 14.6. The van der Waals surface area contributed by atoms with Gasteiger partial charge in [-0.1, -0.05) is 17.7 Å². The second-order valence-electron chi connectivity index (χ2n) is 5.03. The van der Waals surface area contributed by atoms with Crippen LogP contribution in [0.2, 0.25) is 0 Å². The zero-order valence-electron chi connectivity index (χ0n) is 11.5. The normalized spacial score (nSPS) is 18.9. The summed E-state index contributed by atoms with van der Waals surface area (Å²) in [6.45, 7) is 2.73. The number of aliphatic hydroxyl groups is 1. The van der Waals surface area contributed by atoms with Gasteiger partial charge in [-0.25, -0.2) is 0 Å². The van der Waals surface area contributed by atoms with Crippen LogP contribution in [0.3, 0.4) is 0 Å². The molecule has 2 rings (SSSR count). The molecular formula is C14H20O5S. The van der Waals surface area contributed by atoms with Crippen molar-refractivity contribution in [3.05, 3.63) is 29.8 Å². The van der Waals surface area contributed by atoms with Crippen LogP contribution in [-0.4, -0.2) is 39.4 Å². The topological polar surface area (TPSA) is 72.8 Å². The van der Waals surface area contributed by atoms with E-state index in [0.717, 1.165) is 5.56 Å². The molecule has 1 aromatic rings. The smallest absolute Gasteiger partial charge is 0.297 e. The van der Waals surface area contributed by atoms with Gasteiger partial charge in [0.1, 0.15) is 6.10 Å². The van der Waals surface area contributed by atoms with Crippen molar-refractivity contribution in [1.82, 2.24) is 0 Å². The van der Waals surface area contributed by atoms with Crippen LogP contribution in [0.4, 0.5) is 0 Å². The van der Waals surface area contributed by atoms with E-state index in [2.05, 4.69) is 0 Å². The Morgan fingerprint density at radius 2 is 1.90 bits per heavy atom. The lowest BCUT2D eigenvalue weighted by Crippen LogP contribution is -2.34. The second kappa shape index (κ2) is 6.67. The highest BCUT2D eigenvalue weighted by atomic mass is 32.2. The van der Waals surface area contributed by atoms with Crippen molar-refractivity contribution < 1.29 is 22.4 Å². The van der Waals surface area contributed by atoms with E-state index < -0.39 is 16.2 Å². The Kier molecular flexibility index (Phi) is 5.15. The maximum atomic E-state index is 12.2. The highest BCUT2D eigenvalue weighted by molar-refractivity contribution is 7.86. The molecular weight excluding hydrogens is 280 g/mol. The first-order valence-corrected chi connectivity index (χ1v) is 8.12. The summed E-state index contributed by atoms with van der Waals surface area (Å²) in [5.74, 6) is 0.00831. The van der Waals surface area contributed by atoms with Crippen molar-refractivity contribution in [3.63, 3.8) is 0 Å². The molecule has 0 amide bonds. The molecule has 20 heavy (non-hydrogen) atoms. The van der Waals surface area contributed by atoms with E-state index in [1.165, 1.54) is 12.1 Å². The Bertz CT molecular complexity index is 517.